The number of carbonyl (C=O) groups excluding carboxylic acids is 2. The van der Waals surface area contributed by atoms with Gasteiger partial charge in [0.05, 0.1) is 0 Å². The molecule has 0 bridgehead atoms. The Kier molecular flexibility index (Phi) is 3.64. The van der Waals surface area contributed by atoms with Crippen molar-refractivity contribution in [1.82, 2.24) is 15.1 Å². The lowest BCUT2D eigenvalue weighted by Gasteiger charge is -2.30. The monoisotopic (exact) mass is 225 g/mol. The summed E-state index contributed by atoms with van der Waals surface area (Å²) in [4.78, 5) is 26.7. The molecule has 2 saturated heterocycles. The van der Waals surface area contributed by atoms with E-state index < -0.39 is 0 Å². The molecule has 2 fully saturated rings. The van der Waals surface area contributed by atoms with E-state index in [1.807, 2.05) is 4.90 Å². The van der Waals surface area contributed by atoms with E-state index in [1.54, 1.807) is 4.90 Å². The van der Waals surface area contributed by atoms with E-state index in [2.05, 4.69) is 5.32 Å². The molecule has 0 radical (unpaired) electrons. The van der Waals surface area contributed by atoms with Crippen molar-refractivity contribution in [2.45, 2.75) is 25.7 Å². The number of hydrogen-bond acceptors (Lipinski definition) is 2. The van der Waals surface area contributed by atoms with Crippen molar-refractivity contribution < 1.29 is 9.59 Å². The summed E-state index contributed by atoms with van der Waals surface area (Å²) in [6.45, 7) is 3.94. The smallest absolute Gasteiger partial charge is 0.317 e. The molecule has 5 heteroatoms. The number of amides is 3. The number of likely N-dealkylation sites (tertiary alicyclic amines) is 2. The van der Waals surface area contributed by atoms with Crippen LogP contribution in [-0.2, 0) is 4.79 Å². The van der Waals surface area contributed by atoms with Crippen LogP contribution in [0.1, 0.15) is 25.7 Å². The van der Waals surface area contributed by atoms with Crippen molar-refractivity contribution in [3.8, 4) is 0 Å². The molecule has 90 valence electrons. The third kappa shape index (κ3) is 2.65. The normalized spacial score (nSPS) is 19.5. The van der Waals surface area contributed by atoms with Crippen LogP contribution in [0.3, 0.4) is 0 Å². The molecule has 0 aromatic carbocycles. The van der Waals surface area contributed by atoms with Gasteiger partial charge in [0.25, 0.3) is 0 Å². The summed E-state index contributed by atoms with van der Waals surface area (Å²) in [5, 5.41) is 2.78. The topological polar surface area (TPSA) is 52.7 Å². The second-order valence-electron chi connectivity index (χ2n) is 4.41. The van der Waals surface area contributed by atoms with E-state index in [-0.39, 0.29) is 11.9 Å². The van der Waals surface area contributed by atoms with Gasteiger partial charge < -0.3 is 15.1 Å². The summed E-state index contributed by atoms with van der Waals surface area (Å²) in [5.41, 5.74) is 0. The molecule has 2 rings (SSSR count). The van der Waals surface area contributed by atoms with Crippen LogP contribution in [0, 0.1) is 0 Å². The van der Waals surface area contributed by atoms with Gasteiger partial charge in [0.2, 0.25) is 5.91 Å². The van der Waals surface area contributed by atoms with Crippen LogP contribution >= 0.6 is 0 Å². The van der Waals surface area contributed by atoms with Gasteiger partial charge in [0.15, 0.2) is 0 Å². The predicted molar refractivity (Wildman–Crippen MR) is 60.0 cm³/mol. The first-order valence-electron chi connectivity index (χ1n) is 6.08. The minimum Gasteiger partial charge on any atom is -0.343 e. The Labute approximate surface area is 95.8 Å². The average Bonchev–Trinajstić information content (AvgIpc) is 2.67. The predicted octanol–water partition coefficient (Wildman–Crippen LogP) is 0.414. The Hall–Kier alpha value is -1.26. The highest BCUT2D eigenvalue weighted by atomic mass is 16.2. The van der Waals surface area contributed by atoms with E-state index in [4.69, 9.17) is 0 Å². The first-order chi connectivity index (χ1) is 7.77. The maximum atomic E-state index is 11.6. The maximum absolute atomic E-state index is 11.6. The molecule has 16 heavy (non-hydrogen) atoms. The van der Waals surface area contributed by atoms with Gasteiger partial charge >= 0.3 is 6.03 Å². The first-order valence-corrected chi connectivity index (χ1v) is 6.08. The number of urea groups is 1. The molecular weight excluding hydrogens is 206 g/mol. The molecule has 1 N–H and O–H groups in total. The summed E-state index contributed by atoms with van der Waals surface area (Å²) >= 11 is 0. The van der Waals surface area contributed by atoms with Crippen molar-refractivity contribution in [2.75, 3.05) is 32.7 Å². The van der Waals surface area contributed by atoms with Gasteiger partial charge in [-0.05, 0) is 19.3 Å². The van der Waals surface area contributed by atoms with Crippen LogP contribution in [0.5, 0.6) is 0 Å². The fourth-order valence-electron chi connectivity index (χ4n) is 2.03. The van der Waals surface area contributed by atoms with Crippen molar-refractivity contribution in [2.24, 2.45) is 0 Å². The fourth-order valence-corrected chi connectivity index (χ4v) is 2.03. The van der Waals surface area contributed by atoms with Crippen LogP contribution in [-0.4, -0.2) is 54.5 Å². The van der Waals surface area contributed by atoms with E-state index in [9.17, 15) is 9.59 Å². The highest BCUT2D eigenvalue weighted by Crippen LogP contribution is 2.08. The summed E-state index contributed by atoms with van der Waals surface area (Å²) in [6, 6.07) is -0.0273. The molecule has 3 amide bonds. The second kappa shape index (κ2) is 5.18. The molecule has 2 aliphatic heterocycles. The van der Waals surface area contributed by atoms with E-state index in [0.29, 0.717) is 13.0 Å². The van der Waals surface area contributed by atoms with Gasteiger partial charge in [-0.1, -0.05) is 0 Å². The molecule has 0 aromatic heterocycles. The highest BCUT2D eigenvalue weighted by molar-refractivity contribution is 5.78. The van der Waals surface area contributed by atoms with Crippen LogP contribution in [0.2, 0.25) is 0 Å². The third-order valence-electron chi connectivity index (χ3n) is 3.22. The summed E-state index contributed by atoms with van der Waals surface area (Å²) < 4.78 is 0. The SMILES string of the molecule is O=C(CCNC(=O)N1CCC1)N1CCCC1. The largest absolute Gasteiger partial charge is 0.343 e. The zero-order chi connectivity index (χ0) is 11.4. The van der Waals surface area contributed by atoms with Crippen molar-refractivity contribution in [3.63, 3.8) is 0 Å². The Morgan fingerprint density at radius 2 is 1.56 bits per heavy atom. The molecule has 5 nitrogen and oxygen atoms in total. The third-order valence-corrected chi connectivity index (χ3v) is 3.22. The molecule has 0 unspecified atom stereocenters. The lowest BCUT2D eigenvalue weighted by Crippen LogP contribution is -2.48. The zero-order valence-electron chi connectivity index (χ0n) is 9.57. The van der Waals surface area contributed by atoms with Gasteiger partial charge in [0, 0.05) is 39.1 Å². The Balaban J connectivity index is 1.59. The zero-order valence-corrected chi connectivity index (χ0v) is 9.57. The van der Waals surface area contributed by atoms with E-state index in [0.717, 1.165) is 45.4 Å². The highest BCUT2D eigenvalue weighted by Gasteiger charge is 2.21. The Morgan fingerprint density at radius 3 is 2.12 bits per heavy atom. The fraction of sp³-hybridized carbons (Fsp3) is 0.818. The van der Waals surface area contributed by atoms with Gasteiger partial charge in [-0.3, -0.25) is 4.79 Å². The lowest BCUT2D eigenvalue weighted by molar-refractivity contribution is -0.129. The Bertz CT molecular complexity index is 270. The maximum Gasteiger partial charge on any atom is 0.317 e. The molecule has 0 atom stereocenters. The van der Waals surface area contributed by atoms with Crippen molar-refractivity contribution >= 4 is 11.9 Å². The van der Waals surface area contributed by atoms with Gasteiger partial charge in [-0.2, -0.15) is 0 Å². The first kappa shape index (κ1) is 11.2. The quantitative estimate of drug-likeness (QED) is 0.756. The van der Waals surface area contributed by atoms with Crippen molar-refractivity contribution in [3.05, 3.63) is 0 Å². The molecular formula is C11H19N3O2. The van der Waals surface area contributed by atoms with Gasteiger partial charge in [-0.15, -0.1) is 0 Å². The summed E-state index contributed by atoms with van der Waals surface area (Å²) in [6.07, 6.45) is 3.76. The number of nitrogens with zero attached hydrogens (tertiary/aromatic N) is 2. The van der Waals surface area contributed by atoms with Gasteiger partial charge in [0.1, 0.15) is 0 Å². The Morgan fingerprint density at radius 1 is 0.938 bits per heavy atom. The van der Waals surface area contributed by atoms with E-state index >= 15 is 0 Å². The number of carbonyl (C=O) groups is 2. The molecule has 0 saturated carbocycles. The standard InChI is InChI=1S/C11H19N3O2/c15-10(13-6-1-2-7-13)4-5-12-11(16)14-8-3-9-14/h1-9H2,(H,12,16). The van der Waals surface area contributed by atoms with Crippen molar-refractivity contribution in [1.29, 1.82) is 0 Å². The lowest BCUT2D eigenvalue weighted by atomic mass is 10.2. The van der Waals surface area contributed by atoms with Crippen LogP contribution in [0.15, 0.2) is 0 Å². The van der Waals surface area contributed by atoms with Crippen LogP contribution in [0.25, 0.3) is 0 Å². The number of nitrogens with one attached hydrogen (secondary N) is 1. The minimum atomic E-state index is -0.0273. The average molecular weight is 225 g/mol. The van der Waals surface area contributed by atoms with Crippen LogP contribution < -0.4 is 5.32 Å². The number of hydrogen-bond donors (Lipinski definition) is 1. The summed E-state index contributed by atoms with van der Waals surface area (Å²) in [5.74, 6) is 0.168. The molecule has 0 aliphatic carbocycles. The molecule has 0 spiro atoms. The summed E-state index contributed by atoms with van der Waals surface area (Å²) in [7, 11) is 0. The van der Waals surface area contributed by atoms with Crippen LogP contribution in [0.4, 0.5) is 4.79 Å². The molecule has 2 aliphatic rings. The minimum absolute atomic E-state index is 0.0273. The van der Waals surface area contributed by atoms with Gasteiger partial charge in [-0.25, -0.2) is 4.79 Å². The van der Waals surface area contributed by atoms with E-state index in [1.165, 1.54) is 0 Å². The molecule has 0 aromatic rings. The molecule has 2 heterocycles. The number of rotatable bonds is 3. The second-order valence-corrected chi connectivity index (χ2v) is 4.41.